The van der Waals surface area contributed by atoms with Crippen molar-refractivity contribution in [2.45, 2.75) is 76.7 Å². The van der Waals surface area contributed by atoms with Crippen molar-refractivity contribution in [1.82, 2.24) is 10.2 Å². The number of esters is 1. The van der Waals surface area contributed by atoms with Crippen molar-refractivity contribution in [2.24, 2.45) is 5.92 Å². The lowest BCUT2D eigenvalue weighted by Crippen LogP contribution is -2.53. The standard InChI is InChI=1S/C27H34N2O3/c1-20(30)32-26(27(31)28-24-15-16-24)25(17-21-13-8-14-21)29(18-22-9-4-2-5-10-22)19-23-11-6-3-7-12-23/h2-7,9-12,21,24-26H,8,13-19H2,1H3,(H,28,31)/t25-,26-/m0/s1. The molecule has 4 rings (SSSR count). The second-order valence-electron chi connectivity index (χ2n) is 9.29. The summed E-state index contributed by atoms with van der Waals surface area (Å²) in [6.07, 6.45) is 5.65. The highest BCUT2D eigenvalue weighted by molar-refractivity contribution is 5.84. The van der Waals surface area contributed by atoms with Gasteiger partial charge in [-0.25, -0.2) is 0 Å². The first-order valence-electron chi connectivity index (χ1n) is 11.9. The number of nitrogens with zero attached hydrogens (tertiary/aromatic N) is 1. The van der Waals surface area contributed by atoms with Gasteiger partial charge in [-0.05, 0) is 36.3 Å². The molecule has 0 saturated heterocycles. The van der Waals surface area contributed by atoms with Gasteiger partial charge in [-0.15, -0.1) is 0 Å². The van der Waals surface area contributed by atoms with Crippen LogP contribution in [-0.2, 0) is 27.4 Å². The van der Waals surface area contributed by atoms with Crippen LogP contribution in [0, 0.1) is 5.92 Å². The summed E-state index contributed by atoms with van der Waals surface area (Å²) < 4.78 is 5.74. The minimum Gasteiger partial charge on any atom is -0.451 e. The fourth-order valence-electron chi connectivity index (χ4n) is 4.46. The SMILES string of the molecule is CC(=O)O[C@H](C(=O)NC1CC1)[C@H](CC1CCC1)N(Cc1ccccc1)Cc1ccccc1. The molecule has 170 valence electrons. The van der Waals surface area contributed by atoms with Crippen molar-refractivity contribution in [1.29, 1.82) is 0 Å². The lowest BCUT2D eigenvalue weighted by molar-refractivity contribution is -0.159. The van der Waals surface area contributed by atoms with Crippen LogP contribution in [-0.4, -0.2) is 35.0 Å². The lowest BCUT2D eigenvalue weighted by Gasteiger charge is -2.40. The van der Waals surface area contributed by atoms with Crippen LogP contribution in [0.15, 0.2) is 60.7 Å². The van der Waals surface area contributed by atoms with E-state index in [4.69, 9.17) is 4.74 Å². The Morgan fingerprint density at radius 2 is 1.50 bits per heavy atom. The van der Waals surface area contributed by atoms with Crippen molar-refractivity contribution >= 4 is 11.9 Å². The van der Waals surface area contributed by atoms with E-state index in [-0.39, 0.29) is 18.0 Å². The normalized spacial score (nSPS) is 17.9. The minimum absolute atomic E-state index is 0.154. The summed E-state index contributed by atoms with van der Waals surface area (Å²) in [6, 6.07) is 20.7. The molecule has 5 heteroatoms. The molecule has 0 spiro atoms. The molecule has 0 aliphatic heterocycles. The number of hydrogen-bond acceptors (Lipinski definition) is 4. The van der Waals surface area contributed by atoms with Crippen LogP contribution in [0.25, 0.3) is 0 Å². The molecule has 2 aliphatic carbocycles. The molecule has 1 N–H and O–H groups in total. The maximum Gasteiger partial charge on any atom is 0.303 e. The number of carbonyl (C=O) groups excluding carboxylic acids is 2. The predicted octanol–water partition coefficient (Wildman–Crippen LogP) is 4.46. The number of hydrogen-bond donors (Lipinski definition) is 1. The van der Waals surface area contributed by atoms with E-state index in [9.17, 15) is 9.59 Å². The van der Waals surface area contributed by atoms with E-state index < -0.39 is 12.1 Å². The Balaban J connectivity index is 1.64. The third kappa shape index (κ3) is 6.42. The molecule has 2 aromatic carbocycles. The van der Waals surface area contributed by atoms with Crippen molar-refractivity contribution in [3.05, 3.63) is 71.8 Å². The largest absolute Gasteiger partial charge is 0.451 e. The van der Waals surface area contributed by atoms with Gasteiger partial charge < -0.3 is 10.1 Å². The zero-order chi connectivity index (χ0) is 22.3. The summed E-state index contributed by atoms with van der Waals surface area (Å²) in [5, 5.41) is 3.09. The Morgan fingerprint density at radius 1 is 0.938 bits per heavy atom. The zero-order valence-electron chi connectivity index (χ0n) is 18.9. The number of amides is 1. The van der Waals surface area contributed by atoms with Crippen LogP contribution in [0.1, 0.15) is 56.6 Å². The number of nitrogens with one attached hydrogen (secondary N) is 1. The van der Waals surface area contributed by atoms with Crippen LogP contribution in [0.5, 0.6) is 0 Å². The smallest absolute Gasteiger partial charge is 0.303 e. The predicted molar refractivity (Wildman–Crippen MR) is 125 cm³/mol. The highest BCUT2D eigenvalue weighted by Crippen LogP contribution is 2.34. The van der Waals surface area contributed by atoms with E-state index in [1.165, 1.54) is 37.3 Å². The number of carbonyl (C=O) groups is 2. The van der Waals surface area contributed by atoms with Gasteiger partial charge in [0.1, 0.15) is 0 Å². The van der Waals surface area contributed by atoms with Gasteiger partial charge in [-0.3, -0.25) is 14.5 Å². The van der Waals surface area contributed by atoms with Crippen LogP contribution in [0.3, 0.4) is 0 Å². The fourth-order valence-corrected chi connectivity index (χ4v) is 4.46. The maximum atomic E-state index is 13.3. The van der Waals surface area contributed by atoms with Crippen molar-refractivity contribution in [3.63, 3.8) is 0 Å². The summed E-state index contributed by atoms with van der Waals surface area (Å²) in [4.78, 5) is 27.6. The Labute approximate surface area is 191 Å². The van der Waals surface area contributed by atoms with Crippen LogP contribution in [0.4, 0.5) is 0 Å². The molecule has 2 atom stereocenters. The molecule has 2 aliphatic rings. The Morgan fingerprint density at radius 3 is 1.94 bits per heavy atom. The quantitative estimate of drug-likeness (QED) is 0.531. The van der Waals surface area contributed by atoms with Crippen molar-refractivity contribution < 1.29 is 14.3 Å². The number of rotatable bonds is 11. The molecule has 32 heavy (non-hydrogen) atoms. The van der Waals surface area contributed by atoms with Gasteiger partial charge in [-0.2, -0.15) is 0 Å². The van der Waals surface area contributed by atoms with Gasteiger partial charge in [-0.1, -0.05) is 79.9 Å². The molecule has 1 amide bonds. The summed E-state index contributed by atoms with van der Waals surface area (Å²) in [5.74, 6) is 0.0119. The van der Waals surface area contributed by atoms with Gasteiger partial charge in [0.05, 0.1) is 6.04 Å². The number of ether oxygens (including phenoxy) is 1. The average molecular weight is 435 g/mol. The second-order valence-corrected chi connectivity index (χ2v) is 9.29. The first-order valence-corrected chi connectivity index (χ1v) is 11.9. The van der Waals surface area contributed by atoms with Gasteiger partial charge in [0.15, 0.2) is 6.10 Å². The topological polar surface area (TPSA) is 58.6 Å². The maximum absolute atomic E-state index is 13.3. The van der Waals surface area contributed by atoms with E-state index in [1.54, 1.807) is 0 Å². The molecular formula is C27H34N2O3. The van der Waals surface area contributed by atoms with Crippen LogP contribution < -0.4 is 5.32 Å². The highest BCUT2D eigenvalue weighted by atomic mass is 16.5. The highest BCUT2D eigenvalue weighted by Gasteiger charge is 2.40. The van der Waals surface area contributed by atoms with Gasteiger partial charge >= 0.3 is 5.97 Å². The van der Waals surface area contributed by atoms with Crippen LogP contribution in [0.2, 0.25) is 0 Å². The zero-order valence-corrected chi connectivity index (χ0v) is 18.9. The van der Waals surface area contributed by atoms with E-state index in [2.05, 4.69) is 34.5 Å². The molecule has 2 saturated carbocycles. The monoisotopic (exact) mass is 434 g/mol. The summed E-state index contributed by atoms with van der Waals surface area (Å²) >= 11 is 0. The summed E-state index contributed by atoms with van der Waals surface area (Å²) in [5.41, 5.74) is 2.37. The van der Waals surface area contributed by atoms with E-state index in [0.717, 1.165) is 19.3 Å². The first-order chi connectivity index (χ1) is 15.6. The summed E-state index contributed by atoms with van der Waals surface area (Å²) in [7, 11) is 0. The molecule has 0 aromatic heterocycles. The van der Waals surface area contributed by atoms with Gasteiger partial charge in [0.25, 0.3) is 5.91 Å². The van der Waals surface area contributed by atoms with Gasteiger partial charge in [0.2, 0.25) is 0 Å². The molecule has 0 heterocycles. The van der Waals surface area contributed by atoms with Crippen molar-refractivity contribution in [3.8, 4) is 0 Å². The summed E-state index contributed by atoms with van der Waals surface area (Å²) in [6.45, 7) is 2.79. The first kappa shape index (κ1) is 22.5. The molecule has 0 radical (unpaired) electrons. The third-order valence-electron chi connectivity index (χ3n) is 6.55. The van der Waals surface area contributed by atoms with E-state index >= 15 is 0 Å². The Bertz CT molecular complexity index is 837. The molecular weight excluding hydrogens is 400 g/mol. The molecule has 0 bridgehead atoms. The Hall–Kier alpha value is -2.66. The van der Waals surface area contributed by atoms with E-state index in [0.29, 0.717) is 19.0 Å². The van der Waals surface area contributed by atoms with E-state index in [1.807, 2.05) is 36.4 Å². The minimum atomic E-state index is -0.805. The number of benzene rings is 2. The third-order valence-corrected chi connectivity index (χ3v) is 6.55. The van der Waals surface area contributed by atoms with Crippen molar-refractivity contribution in [2.75, 3.05) is 0 Å². The molecule has 0 unspecified atom stereocenters. The lowest BCUT2D eigenvalue weighted by atomic mass is 9.79. The molecule has 5 nitrogen and oxygen atoms in total. The average Bonchev–Trinajstić information content (AvgIpc) is 3.57. The molecule has 2 fully saturated rings. The second kappa shape index (κ2) is 10.8. The van der Waals surface area contributed by atoms with Crippen LogP contribution >= 0.6 is 0 Å². The molecule has 2 aromatic rings. The Kier molecular flexibility index (Phi) is 7.59. The van der Waals surface area contributed by atoms with Gasteiger partial charge in [0, 0.05) is 26.1 Å². The fraction of sp³-hybridized carbons (Fsp3) is 0.481.